The van der Waals surface area contributed by atoms with Gasteiger partial charge in [-0.2, -0.15) is 0 Å². The molecule has 0 aliphatic carbocycles. The zero-order valence-electron chi connectivity index (χ0n) is 15.1. The third-order valence-electron chi connectivity index (χ3n) is 4.69. The molecule has 0 saturated heterocycles. The predicted molar refractivity (Wildman–Crippen MR) is 109 cm³/mol. The summed E-state index contributed by atoms with van der Waals surface area (Å²) < 4.78 is 30.7. The van der Waals surface area contributed by atoms with Crippen LogP contribution in [0.1, 0.15) is 15.9 Å². The van der Waals surface area contributed by atoms with Crippen LogP contribution in [0.2, 0.25) is 5.02 Å². The van der Waals surface area contributed by atoms with Crippen LogP contribution in [0.25, 0.3) is 10.9 Å². The van der Waals surface area contributed by atoms with Crippen LogP contribution in [0.4, 0.5) is 5.69 Å². The molecule has 1 aliphatic rings. The highest BCUT2D eigenvalue weighted by Gasteiger charge is 2.26. The first-order valence-corrected chi connectivity index (χ1v) is 10.9. The number of fused-ring (bicyclic) bond motifs is 2. The summed E-state index contributed by atoms with van der Waals surface area (Å²) in [6.07, 6.45) is 3.40. The molecule has 2 aromatic carbocycles. The molecule has 0 N–H and O–H groups in total. The van der Waals surface area contributed by atoms with Crippen LogP contribution in [-0.2, 0) is 16.4 Å². The van der Waals surface area contributed by atoms with Gasteiger partial charge >= 0.3 is 0 Å². The van der Waals surface area contributed by atoms with Crippen molar-refractivity contribution in [3.8, 4) is 5.75 Å². The Morgan fingerprint density at radius 2 is 2.07 bits per heavy atom. The van der Waals surface area contributed by atoms with Crippen molar-refractivity contribution in [1.29, 1.82) is 0 Å². The van der Waals surface area contributed by atoms with Gasteiger partial charge in [0.15, 0.2) is 12.4 Å². The molecule has 3 aromatic rings. The number of carbonyl (C=O) groups excluding carboxylic acids is 1. The van der Waals surface area contributed by atoms with E-state index in [0.717, 1.165) is 10.9 Å². The second kappa shape index (κ2) is 7.07. The van der Waals surface area contributed by atoms with E-state index in [0.29, 0.717) is 40.5 Å². The Hall–Kier alpha value is -2.64. The van der Waals surface area contributed by atoms with Gasteiger partial charge in [-0.15, -0.1) is 0 Å². The monoisotopic (exact) mass is 416 g/mol. The second-order valence-electron chi connectivity index (χ2n) is 6.59. The number of halogens is 1. The first kappa shape index (κ1) is 18.7. The van der Waals surface area contributed by atoms with Crippen LogP contribution in [0.15, 0.2) is 48.7 Å². The number of nitrogens with zero attached hydrogens (tertiary/aromatic N) is 2. The third kappa shape index (κ3) is 3.43. The molecule has 1 aromatic heterocycles. The second-order valence-corrected chi connectivity index (χ2v) is 8.90. The van der Waals surface area contributed by atoms with E-state index in [9.17, 15) is 13.2 Å². The maximum Gasteiger partial charge on any atom is 0.232 e. The molecule has 28 heavy (non-hydrogen) atoms. The van der Waals surface area contributed by atoms with E-state index in [-0.39, 0.29) is 12.4 Å². The molecule has 0 spiro atoms. The highest BCUT2D eigenvalue weighted by Crippen LogP contribution is 2.32. The van der Waals surface area contributed by atoms with E-state index in [2.05, 4.69) is 4.98 Å². The third-order valence-corrected chi connectivity index (χ3v) is 6.20. The van der Waals surface area contributed by atoms with Crippen LogP contribution in [-0.4, -0.2) is 38.6 Å². The summed E-state index contributed by atoms with van der Waals surface area (Å²) in [6, 6.07) is 12.1. The normalized spacial score (nSPS) is 13.6. The van der Waals surface area contributed by atoms with Crippen molar-refractivity contribution in [1.82, 2.24) is 4.98 Å². The molecule has 0 unspecified atom stereocenters. The molecule has 0 bridgehead atoms. The van der Waals surface area contributed by atoms with Gasteiger partial charge in [0.1, 0.15) is 11.3 Å². The van der Waals surface area contributed by atoms with E-state index in [1.165, 1.54) is 10.6 Å². The van der Waals surface area contributed by atoms with Gasteiger partial charge in [0, 0.05) is 23.7 Å². The van der Waals surface area contributed by atoms with Gasteiger partial charge < -0.3 is 4.74 Å². The summed E-state index contributed by atoms with van der Waals surface area (Å²) in [5.74, 6) is 0.289. The average molecular weight is 417 g/mol. The first-order chi connectivity index (χ1) is 13.3. The Labute approximate surface area is 167 Å². The van der Waals surface area contributed by atoms with Crippen molar-refractivity contribution in [2.45, 2.75) is 6.42 Å². The van der Waals surface area contributed by atoms with Gasteiger partial charge in [-0.25, -0.2) is 8.42 Å². The highest BCUT2D eigenvalue weighted by atomic mass is 35.5. The summed E-state index contributed by atoms with van der Waals surface area (Å²) in [5, 5.41) is 1.32. The molecule has 0 amide bonds. The predicted octanol–water partition coefficient (Wildman–Crippen LogP) is 3.47. The van der Waals surface area contributed by atoms with E-state index in [1.54, 1.807) is 42.6 Å². The lowest BCUT2D eigenvalue weighted by molar-refractivity contribution is 0.0922. The van der Waals surface area contributed by atoms with E-state index < -0.39 is 10.0 Å². The molecule has 0 fully saturated rings. The average Bonchev–Trinajstić information content (AvgIpc) is 3.11. The number of hydrogen-bond acceptors (Lipinski definition) is 5. The summed E-state index contributed by atoms with van der Waals surface area (Å²) in [4.78, 5) is 16.9. The Kier molecular flexibility index (Phi) is 4.72. The fourth-order valence-corrected chi connectivity index (χ4v) is 4.52. The van der Waals surface area contributed by atoms with E-state index >= 15 is 0 Å². The van der Waals surface area contributed by atoms with Gasteiger partial charge in [0.2, 0.25) is 10.0 Å². The van der Waals surface area contributed by atoms with Crippen LogP contribution in [0, 0.1) is 0 Å². The zero-order chi connectivity index (χ0) is 19.9. The van der Waals surface area contributed by atoms with Crippen molar-refractivity contribution in [2.75, 3.05) is 23.7 Å². The fraction of sp³-hybridized carbons (Fsp3) is 0.200. The number of benzene rings is 2. The Balaban J connectivity index is 1.54. The Bertz CT molecular complexity index is 1190. The lowest BCUT2D eigenvalue weighted by Gasteiger charge is -2.16. The summed E-state index contributed by atoms with van der Waals surface area (Å²) >= 11 is 6.18. The quantitative estimate of drug-likeness (QED) is 0.595. The van der Waals surface area contributed by atoms with Gasteiger partial charge in [0.05, 0.1) is 17.0 Å². The van der Waals surface area contributed by atoms with Gasteiger partial charge in [0.25, 0.3) is 0 Å². The van der Waals surface area contributed by atoms with Gasteiger partial charge in [-0.1, -0.05) is 11.6 Å². The smallest absolute Gasteiger partial charge is 0.232 e. The number of carbonyl (C=O) groups is 1. The zero-order valence-corrected chi connectivity index (χ0v) is 16.6. The topological polar surface area (TPSA) is 76.6 Å². The van der Waals surface area contributed by atoms with Gasteiger partial charge in [-0.3, -0.25) is 14.1 Å². The molecule has 6 nitrogen and oxygen atoms in total. The number of aromatic nitrogens is 1. The van der Waals surface area contributed by atoms with Crippen LogP contribution in [0.3, 0.4) is 0 Å². The van der Waals surface area contributed by atoms with E-state index in [4.69, 9.17) is 16.3 Å². The minimum absolute atomic E-state index is 0.151. The molecular weight excluding hydrogens is 400 g/mol. The number of anilines is 1. The summed E-state index contributed by atoms with van der Waals surface area (Å²) in [7, 11) is -3.31. The number of Topliss-reactive ketones (excluding diaryl/α,β-unsaturated/α-hetero) is 1. The Morgan fingerprint density at radius 3 is 2.86 bits per heavy atom. The number of ketones is 1. The van der Waals surface area contributed by atoms with E-state index in [1.807, 2.05) is 6.07 Å². The van der Waals surface area contributed by atoms with Crippen molar-refractivity contribution in [3.63, 3.8) is 0 Å². The number of pyridine rings is 1. The van der Waals surface area contributed by atoms with Crippen LogP contribution < -0.4 is 9.04 Å². The van der Waals surface area contributed by atoms with Crippen molar-refractivity contribution in [3.05, 3.63) is 64.8 Å². The molecule has 0 saturated carbocycles. The molecular formula is C20H17ClN2O4S. The molecule has 1 aliphatic heterocycles. The molecule has 2 heterocycles. The minimum atomic E-state index is -3.31. The first-order valence-electron chi connectivity index (χ1n) is 8.64. The molecule has 4 rings (SSSR count). The Morgan fingerprint density at radius 1 is 1.25 bits per heavy atom. The molecule has 8 heteroatoms. The molecule has 0 radical (unpaired) electrons. The maximum absolute atomic E-state index is 12.6. The number of sulfonamides is 1. The van der Waals surface area contributed by atoms with Crippen molar-refractivity contribution >= 4 is 44.0 Å². The maximum atomic E-state index is 12.6. The number of hydrogen-bond donors (Lipinski definition) is 0. The lowest BCUT2D eigenvalue weighted by atomic mass is 10.1. The summed E-state index contributed by atoms with van der Waals surface area (Å²) in [6.45, 7) is 0.243. The molecule has 0 atom stereocenters. The summed E-state index contributed by atoms with van der Waals surface area (Å²) in [5.41, 5.74) is 2.56. The standard InChI is InChI=1S/C20H17ClN2O4S/c1-28(25,26)23-10-8-13-11-14(4-6-17(13)23)18(24)12-27-19-7-5-16(21)15-3-2-9-22-20(15)19/h2-7,9,11H,8,10,12H2,1H3. The van der Waals surface area contributed by atoms with Crippen molar-refractivity contribution < 1.29 is 17.9 Å². The van der Waals surface area contributed by atoms with Gasteiger partial charge in [-0.05, 0) is 54.4 Å². The minimum Gasteiger partial charge on any atom is -0.483 e. The SMILES string of the molecule is CS(=O)(=O)N1CCc2cc(C(=O)COc3ccc(Cl)c4cccnc34)ccc21. The number of ether oxygens (including phenoxy) is 1. The largest absolute Gasteiger partial charge is 0.483 e. The van der Waals surface area contributed by atoms with Crippen LogP contribution in [0.5, 0.6) is 5.75 Å². The lowest BCUT2D eigenvalue weighted by Crippen LogP contribution is -2.27. The fourth-order valence-electron chi connectivity index (χ4n) is 3.34. The molecule has 144 valence electrons. The van der Waals surface area contributed by atoms with Crippen LogP contribution >= 0.6 is 11.6 Å². The highest BCUT2D eigenvalue weighted by molar-refractivity contribution is 7.92. The van der Waals surface area contributed by atoms with Crippen molar-refractivity contribution in [2.24, 2.45) is 0 Å². The number of rotatable bonds is 5.